The van der Waals surface area contributed by atoms with Crippen molar-refractivity contribution in [3.63, 3.8) is 0 Å². The third kappa shape index (κ3) is 2.14. The fourth-order valence-corrected chi connectivity index (χ4v) is 1.61. The minimum Gasteiger partial charge on any atom is -0.326 e. The van der Waals surface area contributed by atoms with Crippen molar-refractivity contribution in [3.8, 4) is 5.69 Å². The Bertz CT molecular complexity index is 652. The van der Waals surface area contributed by atoms with Crippen molar-refractivity contribution in [2.24, 2.45) is 5.73 Å². The summed E-state index contributed by atoms with van der Waals surface area (Å²) in [7, 11) is 0. The van der Waals surface area contributed by atoms with Crippen LogP contribution in [0.1, 0.15) is 11.3 Å². The van der Waals surface area contributed by atoms with Crippen LogP contribution in [0.3, 0.4) is 0 Å². The highest BCUT2D eigenvalue weighted by Gasteiger charge is 2.10. The van der Waals surface area contributed by atoms with E-state index in [1.54, 1.807) is 6.92 Å². The average Bonchev–Trinajstić information content (AvgIpc) is 2.32. The Kier molecular flexibility index (Phi) is 3.20. The van der Waals surface area contributed by atoms with E-state index in [1.807, 2.05) is 0 Å². The number of benzene rings is 1. The second-order valence-corrected chi connectivity index (χ2v) is 3.80. The van der Waals surface area contributed by atoms with E-state index < -0.39 is 17.2 Å². The predicted molar refractivity (Wildman–Crippen MR) is 62.4 cm³/mol. The smallest absolute Gasteiger partial charge is 0.271 e. The van der Waals surface area contributed by atoms with E-state index in [0.717, 1.165) is 10.7 Å². The minimum absolute atomic E-state index is 0.0897. The number of nitrogens with zero attached hydrogens (tertiary/aromatic N) is 2. The lowest BCUT2D eigenvalue weighted by molar-refractivity contribution is 0.569. The number of aromatic nitrogens is 2. The van der Waals surface area contributed by atoms with Crippen LogP contribution in [0.5, 0.6) is 0 Å². The maximum absolute atomic E-state index is 13.6. The third-order valence-corrected chi connectivity index (χ3v) is 2.58. The van der Waals surface area contributed by atoms with Crippen molar-refractivity contribution >= 4 is 0 Å². The van der Waals surface area contributed by atoms with E-state index in [4.69, 9.17) is 5.73 Å². The molecule has 0 aliphatic rings. The number of rotatable bonds is 2. The Hall–Kier alpha value is -2.08. The van der Waals surface area contributed by atoms with Gasteiger partial charge in [-0.05, 0) is 24.6 Å². The molecule has 0 amide bonds. The molecule has 18 heavy (non-hydrogen) atoms. The molecular weight excluding hydrogens is 240 g/mol. The van der Waals surface area contributed by atoms with Gasteiger partial charge in [-0.25, -0.2) is 8.78 Å². The molecule has 0 unspecified atom stereocenters. The molecule has 2 rings (SSSR count). The first-order valence-electron chi connectivity index (χ1n) is 5.28. The van der Waals surface area contributed by atoms with Gasteiger partial charge in [-0.15, -0.1) is 0 Å². The molecule has 4 nitrogen and oxygen atoms in total. The lowest BCUT2D eigenvalue weighted by atomic mass is 10.2. The van der Waals surface area contributed by atoms with E-state index in [1.165, 1.54) is 12.1 Å². The van der Waals surface area contributed by atoms with Gasteiger partial charge in [0.15, 0.2) is 5.82 Å². The highest BCUT2D eigenvalue weighted by molar-refractivity contribution is 5.33. The van der Waals surface area contributed by atoms with Crippen LogP contribution >= 0.6 is 0 Å². The van der Waals surface area contributed by atoms with Gasteiger partial charge in [0.05, 0.1) is 5.69 Å². The molecule has 0 saturated carbocycles. The van der Waals surface area contributed by atoms with Crippen LogP contribution in [0.4, 0.5) is 8.78 Å². The summed E-state index contributed by atoms with van der Waals surface area (Å²) in [5, 5.41) is 3.97. The Balaban J connectivity index is 2.64. The molecule has 1 aromatic heterocycles. The molecule has 0 atom stereocenters. The van der Waals surface area contributed by atoms with Crippen molar-refractivity contribution in [1.29, 1.82) is 0 Å². The number of hydrogen-bond acceptors (Lipinski definition) is 3. The molecule has 0 saturated heterocycles. The summed E-state index contributed by atoms with van der Waals surface area (Å²) >= 11 is 0. The largest absolute Gasteiger partial charge is 0.326 e. The molecule has 0 fully saturated rings. The van der Waals surface area contributed by atoms with E-state index in [0.29, 0.717) is 17.3 Å². The van der Waals surface area contributed by atoms with Crippen LogP contribution in [0.2, 0.25) is 0 Å². The lowest BCUT2D eigenvalue weighted by Gasteiger charge is -2.08. The maximum atomic E-state index is 13.6. The number of aryl methyl sites for hydroxylation is 1. The van der Waals surface area contributed by atoms with Crippen molar-refractivity contribution in [1.82, 2.24) is 9.78 Å². The maximum Gasteiger partial charge on any atom is 0.271 e. The SMILES string of the molecule is Cc1nn(-c2ccc(F)cc2F)c(=O)cc1CN. The van der Waals surface area contributed by atoms with Crippen LogP contribution in [0.25, 0.3) is 5.69 Å². The summed E-state index contributed by atoms with van der Waals surface area (Å²) in [5.41, 5.74) is 5.97. The number of nitrogens with two attached hydrogens (primary N) is 1. The zero-order valence-corrected chi connectivity index (χ0v) is 9.65. The van der Waals surface area contributed by atoms with Gasteiger partial charge in [-0.2, -0.15) is 9.78 Å². The van der Waals surface area contributed by atoms with E-state index in [-0.39, 0.29) is 12.2 Å². The second kappa shape index (κ2) is 4.66. The van der Waals surface area contributed by atoms with Gasteiger partial charge in [0.2, 0.25) is 0 Å². The van der Waals surface area contributed by atoms with Crippen LogP contribution in [-0.4, -0.2) is 9.78 Å². The fraction of sp³-hybridized carbons (Fsp3) is 0.167. The van der Waals surface area contributed by atoms with Gasteiger partial charge >= 0.3 is 0 Å². The topological polar surface area (TPSA) is 60.9 Å². The molecule has 0 aliphatic heterocycles. The molecule has 1 heterocycles. The molecule has 0 bridgehead atoms. The number of hydrogen-bond donors (Lipinski definition) is 1. The Labute approximate surface area is 102 Å². The van der Waals surface area contributed by atoms with Crippen molar-refractivity contribution in [2.45, 2.75) is 13.5 Å². The van der Waals surface area contributed by atoms with E-state index >= 15 is 0 Å². The van der Waals surface area contributed by atoms with E-state index in [2.05, 4.69) is 5.10 Å². The molecule has 0 radical (unpaired) electrons. The first-order chi connectivity index (χ1) is 8.52. The molecule has 94 valence electrons. The van der Waals surface area contributed by atoms with Crippen LogP contribution < -0.4 is 11.3 Å². The summed E-state index contributed by atoms with van der Waals surface area (Å²) in [6.07, 6.45) is 0. The molecule has 1 aromatic carbocycles. The molecular formula is C12H11F2N3O. The molecule has 2 aromatic rings. The zero-order valence-electron chi connectivity index (χ0n) is 9.65. The highest BCUT2D eigenvalue weighted by atomic mass is 19.1. The molecule has 6 heteroatoms. The summed E-state index contributed by atoms with van der Waals surface area (Å²) in [6.45, 7) is 1.85. The highest BCUT2D eigenvalue weighted by Crippen LogP contribution is 2.12. The van der Waals surface area contributed by atoms with Crippen LogP contribution in [-0.2, 0) is 6.54 Å². The monoisotopic (exact) mass is 251 g/mol. The normalized spacial score (nSPS) is 10.7. The summed E-state index contributed by atoms with van der Waals surface area (Å²) in [4.78, 5) is 11.8. The van der Waals surface area contributed by atoms with Crippen LogP contribution in [0, 0.1) is 18.6 Å². The number of halogens is 2. The standard InChI is InChI=1S/C12H11F2N3O/c1-7-8(6-15)4-12(18)17(16-7)11-3-2-9(13)5-10(11)14/h2-5H,6,15H2,1H3. The minimum atomic E-state index is -0.843. The summed E-state index contributed by atoms with van der Waals surface area (Å²) in [6, 6.07) is 4.24. The first-order valence-corrected chi connectivity index (χ1v) is 5.28. The third-order valence-electron chi connectivity index (χ3n) is 2.58. The molecule has 0 spiro atoms. The van der Waals surface area contributed by atoms with Gasteiger partial charge in [-0.3, -0.25) is 4.79 Å². The van der Waals surface area contributed by atoms with Gasteiger partial charge < -0.3 is 5.73 Å². The van der Waals surface area contributed by atoms with Crippen molar-refractivity contribution in [2.75, 3.05) is 0 Å². The van der Waals surface area contributed by atoms with Gasteiger partial charge in [-0.1, -0.05) is 0 Å². The quantitative estimate of drug-likeness (QED) is 0.874. The second-order valence-electron chi connectivity index (χ2n) is 3.80. The zero-order chi connectivity index (χ0) is 13.3. The predicted octanol–water partition coefficient (Wildman–Crippen LogP) is 1.28. The lowest BCUT2D eigenvalue weighted by Crippen LogP contribution is -2.24. The Morgan fingerprint density at radius 1 is 1.33 bits per heavy atom. The Morgan fingerprint density at radius 3 is 2.67 bits per heavy atom. The molecule has 0 aliphatic carbocycles. The van der Waals surface area contributed by atoms with Gasteiger partial charge in [0.25, 0.3) is 5.56 Å². The average molecular weight is 251 g/mol. The van der Waals surface area contributed by atoms with Crippen LogP contribution in [0.15, 0.2) is 29.1 Å². The molecule has 2 N–H and O–H groups in total. The van der Waals surface area contributed by atoms with E-state index in [9.17, 15) is 13.6 Å². The first kappa shape index (κ1) is 12.4. The fourth-order valence-electron chi connectivity index (χ4n) is 1.61. The van der Waals surface area contributed by atoms with Gasteiger partial charge in [0, 0.05) is 18.7 Å². The van der Waals surface area contributed by atoms with Crippen molar-refractivity contribution < 1.29 is 8.78 Å². The summed E-state index contributed by atoms with van der Waals surface area (Å²) in [5.74, 6) is -1.55. The van der Waals surface area contributed by atoms with Gasteiger partial charge in [0.1, 0.15) is 11.5 Å². The summed E-state index contributed by atoms with van der Waals surface area (Å²) < 4.78 is 27.3. The Morgan fingerprint density at radius 2 is 2.06 bits per heavy atom. The van der Waals surface area contributed by atoms with Crippen molar-refractivity contribution in [3.05, 3.63) is 57.5 Å².